The number of aryl methyl sites for hydroxylation is 1. The third-order valence-corrected chi connectivity index (χ3v) is 6.83. The van der Waals surface area contributed by atoms with Crippen molar-refractivity contribution in [1.82, 2.24) is 39.7 Å². The molecule has 6 heterocycles. The quantitative estimate of drug-likeness (QED) is 0.228. The van der Waals surface area contributed by atoms with Crippen LogP contribution in [0.5, 0.6) is 0 Å². The van der Waals surface area contributed by atoms with Gasteiger partial charge in [-0.25, -0.2) is 15.0 Å². The summed E-state index contributed by atoms with van der Waals surface area (Å²) in [5.41, 5.74) is 9.92. The molecule has 0 aliphatic heterocycles. The SMILES string of the molecule is C=C(Cc1ccccc1)Nc1cncc(-c2cnc3n[nH]c(-c4cc5c(-n6cnc(C)c6)ccnc5[nH]4)c3c2)c1. The lowest BCUT2D eigenvalue weighted by molar-refractivity contribution is 1.06. The van der Waals surface area contributed by atoms with E-state index in [0.29, 0.717) is 5.65 Å². The monoisotopic (exact) mass is 523 g/mol. The number of imidazole rings is 1. The molecule has 3 N–H and O–H groups in total. The number of hydrogen-bond acceptors (Lipinski definition) is 6. The second-order valence-corrected chi connectivity index (χ2v) is 9.74. The van der Waals surface area contributed by atoms with Gasteiger partial charge in [0.25, 0.3) is 0 Å². The van der Waals surface area contributed by atoms with E-state index in [2.05, 4.69) is 77.3 Å². The van der Waals surface area contributed by atoms with Crippen molar-refractivity contribution in [3.63, 3.8) is 0 Å². The lowest BCUT2D eigenvalue weighted by Crippen LogP contribution is -2.02. The molecule has 7 rings (SSSR count). The number of aromatic nitrogens is 8. The summed E-state index contributed by atoms with van der Waals surface area (Å²) < 4.78 is 2.00. The maximum atomic E-state index is 4.62. The Balaban J connectivity index is 1.21. The summed E-state index contributed by atoms with van der Waals surface area (Å²) >= 11 is 0. The van der Waals surface area contributed by atoms with Crippen molar-refractivity contribution >= 4 is 27.8 Å². The Morgan fingerprint density at radius 2 is 1.82 bits per heavy atom. The highest BCUT2D eigenvalue weighted by Gasteiger charge is 2.15. The normalized spacial score (nSPS) is 11.3. The van der Waals surface area contributed by atoms with Gasteiger partial charge in [0.05, 0.1) is 41.0 Å². The summed E-state index contributed by atoms with van der Waals surface area (Å²) in [4.78, 5) is 21.4. The van der Waals surface area contributed by atoms with Gasteiger partial charge in [-0.15, -0.1) is 0 Å². The van der Waals surface area contributed by atoms with Crippen LogP contribution in [0, 0.1) is 6.92 Å². The Bertz CT molecular complexity index is 2000. The van der Waals surface area contributed by atoms with Gasteiger partial charge in [0.2, 0.25) is 0 Å². The predicted octanol–water partition coefficient (Wildman–Crippen LogP) is 6.23. The summed E-state index contributed by atoms with van der Waals surface area (Å²) in [5.74, 6) is 0. The third-order valence-electron chi connectivity index (χ3n) is 6.83. The molecular formula is C31H25N9. The first-order valence-corrected chi connectivity index (χ1v) is 12.9. The van der Waals surface area contributed by atoms with Crippen molar-refractivity contribution in [2.75, 3.05) is 5.32 Å². The van der Waals surface area contributed by atoms with Crippen molar-refractivity contribution in [2.45, 2.75) is 13.3 Å². The standard InChI is InChI=1S/C31H25N9/c1-19(10-21-6-4-3-5-7-21)36-24-11-22(14-32-16-24)23-12-26-29(38-39-31(26)34-15-23)27-13-25-28(8-9-33-30(25)37-27)40-17-20(2)35-18-40/h3-9,11-18,36H,1,10H2,2H3,(H,33,37)(H,34,38,39). The van der Waals surface area contributed by atoms with E-state index in [0.717, 1.165) is 68.1 Å². The molecule has 9 heteroatoms. The highest BCUT2D eigenvalue weighted by atomic mass is 15.2. The minimum Gasteiger partial charge on any atom is -0.358 e. The van der Waals surface area contributed by atoms with Crippen molar-refractivity contribution in [1.29, 1.82) is 0 Å². The second kappa shape index (κ2) is 9.63. The number of H-pyrrole nitrogens is 2. The molecule has 40 heavy (non-hydrogen) atoms. The number of aromatic amines is 2. The summed E-state index contributed by atoms with van der Waals surface area (Å²) in [6, 6.07) is 18.5. The van der Waals surface area contributed by atoms with Gasteiger partial charge in [0, 0.05) is 58.8 Å². The number of nitrogens with zero attached hydrogens (tertiary/aromatic N) is 6. The van der Waals surface area contributed by atoms with Crippen LogP contribution in [0.15, 0.2) is 104 Å². The average molecular weight is 524 g/mol. The fourth-order valence-corrected chi connectivity index (χ4v) is 4.95. The number of anilines is 1. The fourth-order valence-electron chi connectivity index (χ4n) is 4.95. The maximum Gasteiger partial charge on any atom is 0.181 e. The molecule has 7 aromatic rings. The zero-order chi connectivity index (χ0) is 27.1. The molecule has 0 saturated carbocycles. The van der Waals surface area contributed by atoms with Crippen LogP contribution in [-0.4, -0.2) is 39.7 Å². The summed E-state index contributed by atoms with van der Waals surface area (Å²) in [7, 11) is 0. The van der Waals surface area contributed by atoms with E-state index in [9.17, 15) is 0 Å². The highest BCUT2D eigenvalue weighted by Crippen LogP contribution is 2.32. The number of pyridine rings is 3. The fraction of sp³-hybridized carbons (Fsp3) is 0.0645. The molecule has 1 aromatic carbocycles. The van der Waals surface area contributed by atoms with Gasteiger partial charge in [-0.2, -0.15) is 5.10 Å². The van der Waals surface area contributed by atoms with Crippen LogP contribution in [0.25, 0.3) is 50.3 Å². The van der Waals surface area contributed by atoms with E-state index in [4.69, 9.17) is 0 Å². The molecule has 0 radical (unpaired) electrons. The third kappa shape index (κ3) is 4.39. The average Bonchev–Trinajstić information content (AvgIpc) is 3.71. The molecule has 194 valence electrons. The summed E-state index contributed by atoms with van der Waals surface area (Å²) in [6.07, 6.45) is 11.8. The van der Waals surface area contributed by atoms with Crippen molar-refractivity contribution < 1.29 is 0 Å². The topological polar surface area (TPSA) is 113 Å². The molecule has 0 bridgehead atoms. The minimum atomic E-state index is 0.634. The Morgan fingerprint density at radius 1 is 0.950 bits per heavy atom. The first-order valence-electron chi connectivity index (χ1n) is 12.9. The van der Waals surface area contributed by atoms with Gasteiger partial charge in [-0.3, -0.25) is 10.1 Å². The smallest absolute Gasteiger partial charge is 0.181 e. The van der Waals surface area contributed by atoms with E-state index in [1.807, 2.05) is 60.7 Å². The first-order chi connectivity index (χ1) is 19.6. The van der Waals surface area contributed by atoms with Crippen LogP contribution in [0.1, 0.15) is 11.3 Å². The summed E-state index contributed by atoms with van der Waals surface area (Å²) in [5, 5.41) is 12.9. The highest BCUT2D eigenvalue weighted by molar-refractivity contribution is 5.97. The molecule has 0 fully saturated rings. The molecule has 0 unspecified atom stereocenters. The van der Waals surface area contributed by atoms with Crippen molar-refractivity contribution in [3.05, 3.63) is 115 Å². The molecular weight excluding hydrogens is 498 g/mol. The first kappa shape index (κ1) is 23.5. The lowest BCUT2D eigenvalue weighted by atomic mass is 10.1. The van der Waals surface area contributed by atoms with Gasteiger partial charge in [0.15, 0.2) is 5.65 Å². The molecule has 0 saturated heterocycles. The van der Waals surface area contributed by atoms with Gasteiger partial charge < -0.3 is 14.9 Å². The van der Waals surface area contributed by atoms with Crippen molar-refractivity contribution in [2.24, 2.45) is 0 Å². The van der Waals surface area contributed by atoms with E-state index < -0.39 is 0 Å². The van der Waals surface area contributed by atoms with Crippen LogP contribution < -0.4 is 5.32 Å². The molecule has 0 spiro atoms. The Hall–Kier alpha value is -5.57. The van der Waals surface area contributed by atoms with Crippen LogP contribution in [0.4, 0.5) is 5.69 Å². The van der Waals surface area contributed by atoms with Crippen LogP contribution in [-0.2, 0) is 6.42 Å². The molecule has 9 nitrogen and oxygen atoms in total. The van der Waals surface area contributed by atoms with Gasteiger partial charge in [0.1, 0.15) is 5.65 Å². The van der Waals surface area contributed by atoms with Crippen LogP contribution >= 0.6 is 0 Å². The maximum absolute atomic E-state index is 4.62. The predicted molar refractivity (Wildman–Crippen MR) is 157 cm³/mol. The van der Waals surface area contributed by atoms with E-state index in [-0.39, 0.29) is 0 Å². The number of allylic oxidation sites excluding steroid dienone is 1. The summed E-state index contributed by atoms with van der Waals surface area (Å²) in [6.45, 7) is 6.17. The lowest BCUT2D eigenvalue weighted by Gasteiger charge is -2.11. The zero-order valence-corrected chi connectivity index (χ0v) is 21.8. The number of hydrogen-bond donors (Lipinski definition) is 3. The number of rotatable bonds is 7. The molecule has 0 atom stereocenters. The number of benzene rings is 1. The number of fused-ring (bicyclic) bond motifs is 2. The van der Waals surface area contributed by atoms with E-state index >= 15 is 0 Å². The second-order valence-electron chi connectivity index (χ2n) is 9.74. The molecule has 0 aliphatic carbocycles. The number of nitrogens with one attached hydrogen (secondary N) is 3. The van der Waals surface area contributed by atoms with Gasteiger partial charge >= 0.3 is 0 Å². The van der Waals surface area contributed by atoms with Gasteiger partial charge in [-0.05, 0) is 36.8 Å². The molecule has 0 aliphatic rings. The Morgan fingerprint density at radius 3 is 2.67 bits per heavy atom. The van der Waals surface area contributed by atoms with Crippen molar-refractivity contribution in [3.8, 4) is 28.2 Å². The van der Waals surface area contributed by atoms with E-state index in [1.165, 1.54) is 5.56 Å². The minimum absolute atomic E-state index is 0.634. The molecule has 6 aromatic heterocycles. The van der Waals surface area contributed by atoms with Crippen LogP contribution in [0.2, 0.25) is 0 Å². The largest absolute Gasteiger partial charge is 0.358 e. The van der Waals surface area contributed by atoms with E-state index in [1.54, 1.807) is 12.4 Å². The van der Waals surface area contributed by atoms with Crippen LogP contribution in [0.3, 0.4) is 0 Å². The molecule has 0 amide bonds. The Kier molecular flexibility index (Phi) is 5.67. The Labute approximate surface area is 229 Å². The van der Waals surface area contributed by atoms with Gasteiger partial charge in [-0.1, -0.05) is 36.9 Å². The zero-order valence-electron chi connectivity index (χ0n) is 21.8.